The third-order valence-electron chi connectivity index (χ3n) is 4.71. The molecule has 0 atom stereocenters. The fourth-order valence-electron chi connectivity index (χ4n) is 3.26. The summed E-state index contributed by atoms with van der Waals surface area (Å²) >= 11 is 0. The van der Waals surface area contributed by atoms with Crippen LogP contribution in [0.1, 0.15) is 11.1 Å². The number of hydrogen-bond acceptors (Lipinski definition) is 5. The molecule has 6 nitrogen and oxygen atoms in total. The highest BCUT2D eigenvalue weighted by molar-refractivity contribution is 6.45. The Labute approximate surface area is 170 Å². The van der Waals surface area contributed by atoms with Gasteiger partial charge in [0.05, 0.1) is 30.5 Å². The summed E-state index contributed by atoms with van der Waals surface area (Å²) in [4.78, 5) is 28.7. The summed E-state index contributed by atoms with van der Waals surface area (Å²) < 4.78 is 43.9. The molecule has 1 heterocycles. The van der Waals surface area contributed by atoms with Crippen LogP contribution in [0, 0.1) is 0 Å². The van der Waals surface area contributed by atoms with Crippen LogP contribution in [0.15, 0.2) is 54.2 Å². The zero-order chi connectivity index (χ0) is 22.1. The van der Waals surface area contributed by atoms with Crippen molar-refractivity contribution < 1.29 is 32.6 Å². The van der Waals surface area contributed by atoms with E-state index in [0.29, 0.717) is 11.3 Å². The number of halogens is 3. The first-order valence-electron chi connectivity index (χ1n) is 8.96. The number of benzene rings is 2. The molecule has 0 saturated carbocycles. The monoisotopic (exact) mass is 420 g/mol. The van der Waals surface area contributed by atoms with Crippen LogP contribution < -0.4 is 9.64 Å². The lowest BCUT2D eigenvalue weighted by molar-refractivity contribution is -0.137. The van der Waals surface area contributed by atoms with Gasteiger partial charge in [0.2, 0.25) is 0 Å². The Bertz CT molecular complexity index is 1000. The molecule has 1 aliphatic heterocycles. The number of aliphatic hydroxyl groups excluding tert-OH is 1. The number of aliphatic hydroxyl groups is 1. The number of para-hydroxylation sites is 1. The Morgan fingerprint density at radius 2 is 1.67 bits per heavy atom. The standard InChI is InChI=1S/C21H19F3N2O4/c1-25(11-12-27)18-17(15-5-3-4-6-16(15)30-2)19(28)26(20(18)29)14-9-7-13(8-10-14)21(22,23)24/h3-10,27H,11-12H2,1-2H3. The number of imide groups is 1. The maximum Gasteiger partial charge on any atom is 0.416 e. The molecule has 2 aromatic rings. The van der Waals surface area contributed by atoms with E-state index in [1.807, 2.05) is 0 Å². The Morgan fingerprint density at radius 1 is 1.03 bits per heavy atom. The first-order valence-corrected chi connectivity index (χ1v) is 8.96. The van der Waals surface area contributed by atoms with E-state index in [1.165, 1.54) is 12.0 Å². The van der Waals surface area contributed by atoms with Gasteiger partial charge >= 0.3 is 6.18 Å². The molecule has 3 rings (SSSR count). The van der Waals surface area contributed by atoms with Crippen LogP contribution in [0.4, 0.5) is 18.9 Å². The van der Waals surface area contributed by atoms with Gasteiger partial charge in [0.15, 0.2) is 0 Å². The minimum atomic E-state index is -4.54. The molecule has 0 saturated heterocycles. The number of alkyl halides is 3. The topological polar surface area (TPSA) is 70.1 Å². The number of amides is 2. The van der Waals surface area contributed by atoms with Gasteiger partial charge in [-0.25, -0.2) is 4.90 Å². The van der Waals surface area contributed by atoms with Crippen LogP contribution in [0.3, 0.4) is 0 Å². The van der Waals surface area contributed by atoms with Gasteiger partial charge in [-0.1, -0.05) is 18.2 Å². The SMILES string of the molecule is COc1ccccc1C1=C(N(C)CCO)C(=O)N(c2ccc(C(F)(F)F)cc2)C1=O. The molecular formula is C21H19F3N2O4. The van der Waals surface area contributed by atoms with Crippen LogP contribution >= 0.6 is 0 Å². The van der Waals surface area contributed by atoms with Crippen molar-refractivity contribution in [3.05, 3.63) is 65.4 Å². The number of likely N-dealkylation sites (N-methyl/N-ethyl adjacent to an activating group) is 1. The van der Waals surface area contributed by atoms with Crippen molar-refractivity contribution >= 4 is 23.1 Å². The number of rotatable bonds is 6. The van der Waals surface area contributed by atoms with Crippen LogP contribution in [0.5, 0.6) is 5.75 Å². The number of carbonyl (C=O) groups excluding carboxylic acids is 2. The maximum atomic E-state index is 13.3. The third-order valence-corrected chi connectivity index (χ3v) is 4.71. The molecule has 2 aromatic carbocycles. The van der Waals surface area contributed by atoms with Gasteiger partial charge < -0.3 is 14.7 Å². The van der Waals surface area contributed by atoms with Gasteiger partial charge in [-0.15, -0.1) is 0 Å². The zero-order valence-corrected chi connectivity index (χ0v) is 16.2. The second kappa shape index (κ2) is 8.19. The van der Waals surface area contributed by atoms with E-state index in [1.54, 1.807) is 31.3 Å². The molecule has 0 aromatic heterocycles. The fourth-order valence-corrected chi connectivity index (χ4v) is 3.26. The number of hydrogen-bond donors (Lipinski definition) is 1. The van der Waals surface area contributed by atoms with Crippen LogP contribution in [-0.4, -0.2) is 49.1 Å². The van der Waals surface area contributed by atoms with Crippen molar-refractivity contribution in [2.24, 2.45) is 0 Å². The minimum Gasteiger partial charge on any atom is -0.496 e. The fraction of sp³-hybridized carbons (Fsp3) is 0.238. The highest BCUT2D eigenvalue weighted by Gasteiger charge is 2.42. The number of ether oxygens (including phenoxy) is 1. The smallest absolute Gasteiger partial charge is 0.416 e. The molecule has 0 fully saturated rings. The second-order valence-corrected chi connectivity index (χ2v) is 6.56. The number of methoxy groups -OCH3 is 1. The molecule has 0 spiro atoms. The van der Waals surface area contributed by atoms with Gasteiger partial charge in [0.25, 0.3) is 11.8 Å². The summed E-state index contributed by atoms with van der Waals surface area (Å²) in [5, 5.41) is 9.29. The number of nitrogens with zero attached hydrogens (tertiary/aromatic N) is 2. The molecule has 1 N–H and O–H groups in total. The molecule has 0 bridgehead atoms. The van der Waals surface area contributed by atoms with Crippen molar-refractivity contribution in [1.29, 1.82) is 0 Å². The Balaban J connectivity index is 2.11. The summed E-state index contributed by atoms with van der Waals surface area (Å²) in [6.07, 6.45) is -4.54. The highest BCUT2D eigenvalue weighted by Crippen LogP contribution is 2.38. The molecule has 9 heteroatoms. The van der Waals surface area contributed by atoms with Gasteiger partial charge in [0, 0.05) is 19.2 Å². The lowest BCUT2D eigenvalue weighted by atomic mass is 10.0. The molecule has 1 aliphatic rings. The highest BCUT2D eigenvalue weighted by atomic mass is 19.4. The number of anilines is 1. The van der Waals surface area contributed by atoms with Crippen molar-refractivity contribution in [1.82, 2.24) is 4.90 Å². The Hall–Kier alpha value is -3.33. The Morgan fingerprint density at radius 3 is 2.23 bits per heavy atom. The molecule has 158 valence electrons. The van der Waals surface area contributed by atoms with Gasteiger partial charge in [-0.3, -0.25) is 9.59 Å². The number of carbonyl (C=O) groups is 2. The van der Waals surface area contributed by atoms with Gasteiger partial charge in [0.1, 0.15) is 11.4 Å². The predicted octanol–water partition coefficient (Wildman–Crippen LogP) is 2.92. The van der Waals surface area contributed by atoms with E-state index in [9.17, 15) is 27.9 Å². The van der Waals surface area contributed by atoms with Crippen molar-refractivity contribution in [2.75, 3.05) is 32.2 Å². The van der Waals surface area contributed by atoms with E-state index in [-0.39, 0.29) is 30.1 Å². The minimum absolute atomic E-state index is 0.0118. The average molecular weight is 420 g/mol. The first kappa shape index (κ1) is 21.4. The molecule has 30 heavy (non-hydrogen) atoms. The molecule has 2 amide bonds. The summed E-state index contributed by atoms with van der Waals surface area (Å²) in [6.45, 7) is -0.186. The quantitative estimate of drug-likeness (QED) is 0.728. The maximum absolute atomic E-state index is 13.3. The van der Waals surface area contributed by atoms with E-state index in [4.69, 9.17) is 4.74 Å². The average Bonchev–Trinajstić information content (AvgIpc) is 2.97. The van der Waals surface area contributed by atoms with Crippen LogP contribution in [0.25, 0.3) is 5.57 Å². The van der Waals surface area contributed by atoms with Crippen LogP contribution in [0.2, 0.25) is 0 Å². The van der Waals surface area contributed by atoms with E-state index in [2.05, 4.69) is 0 Å². The van der Waals surface area contributed by atoms with E-state index < -0.39 is 23.6 Å². The summed E-state index contributed by atoms with van der Waals surface area (Å²) in [7, 11) is 2.97. The third kappa shape index (κ3) is 3.76. The predicted molar refractivity (Wildman–Crippen MR) is 104 cm³/mol. The van der Waals surface area contributed by atoms with Crippen molar-refractivity contribution in [3.8, 4) is 5.75 Å². The summed E-state index contributed by atoms with van der Waals surface area (Å²) in [6, 6.07) is 10.4. The molecular weight excluding hydrogens is 401 g/mol. The lowest BCUT2D eigenvalue weighted by Crippen LogP contribution is -2.34. The largest absolute Gasteiger partial charge is 0.496 e. The van der Waals surface area contributed by atoms with E-state index >= 15 is 0 Å². The lowest BCUT2D eigenvalue weighted by Gasteiger charge is -2.20. The van der Waals surface area contributed by atoms with Gasteiger partial charge in [-0.05, 0) is 30.3 Å². The zero-order valence-electron chi connectivity index (χ0n) is 16.2. The summed E-state index contributed by atoms with van der Waals surface area (Å²) in [5.74, 6) is -1.03. The second-order valence-electron chi connectivity index (χ2n) is 6.56. The van der Waals surface area contributed by atoms with Crippen molar-refractivity contribution in [2.45, 2.75) is 6.18 Å². The normalized spacial score (nSPS) is 14.5. The molecule has 0 unspecified atom stereocenters. The first-order chi connectivity index (χ1) is 14.2. The van der Waals surface area contributed by atoms with Gasteiger partial charge in [-0.2, -0.15) is 13.2 Å². The van der Waals surface area contributed by atoms with Crippen LogP contribution in [-0.2, 0) is 15.8 Å². The summed E-state index contributed by atoms with van der Waals surface area (Å²) in [5.41, 5.74) is -0.432. The van der Waals surface area contributed by atoms with Crippen molar-refractivity contribution in [3.63, 3.8) is 0 Å². The molecule has 0 radical (unpaired) electrons. The molecule has 0 aliphatic carbocycles. The van der Waals surface area contributed by atoms with E-state index in [0.717, 1.165) is 29.2 Å². The Kier molecular flexibility index (Phi) is 5.84.